The number of likely N-dealkylation sites (tertiary alicyclic amines) is 1. The maximum Gasteiger partial charge on any atom is 0.538 e. The zero-order valence-electron chi connectivity index (χ0n) is 22.4. The van der Waals surface area contributed by atoms with Crippen molar-refractivity contribution < 1.29 is 29.0 Å². The lowest BCUT2D eigenvalue weighted by Gasteiger charge is -2.31. The van der Waals surface area contributed by atoms with Crippen molar-refractivity contribution in [3.63, 3.8) is 0 Å². The van der Waals surface area contributed by atoms with Crippen molar-refractivity contribution in [1.29, 1.82) is 0 Å². The molecule has 0 aliphatic carbocycles. The van der Waals surface area contributed by atoms with Gasteiger partial charge < -0.3 is 25.0 Å². The molecule has 0 saturated carbocycles. The van der Waals surface area contributed by atoms with E-state index in [0.29, 0.717) is 52.9 Å². The molecule has 3 amide bonds. The molecule has 0 radical (unpaired) electrons. The van der Waals surface area contributed by atoms with Crippen molar-refractivity contribution >= 4 is 64.9 Å². The van der Waals surface area contributed by atoms with E-state index in [-0.39, 0.29) is 24.2 Å². The molecule has 0 bridgehead atoms. The Balaban J connectivity index is 1.52. The molecule has 0 unspecified atom stereocenters. The van der Waals surface area contributed by atoms with E-state index in [1.165, 1.54) is 22.7 Å². The summed E-state index contributed by atoms with van der Waals surface area (Å²) in [5.41, 5.74) is 1.34. The summed E-state index contributed by atoms with van der Waals surface area (Å²) in [7, 11) is 3.14. The molecule has 2 aromatic rings. The van der Waals surface area contributed by atoms with E-state index in [9.17, 15) is 19.2 Å². The van der Waals surface area contributed by atoms with Gasteiger partial charge in [0.05, 0.1) is 10.0 Å². The smallest absolute Gasteiger partial charge is 0.538 e. The summed E-state index contributed by atoms with van der Waals surface area (Å²) in [5, 5.41) is 11.1. The summed E-state index contributed by atoms with van der Waals surface area (Å²) in [4.78, 5) is 53.1. The number of nitrogens with one attached hydrogen (secondary N) is 1. The van der Waals surface area contributed by atoms with Gasteiger partial charge in [0.1, 0.15) is 5.75 Å². The van der Waals surface area contributed by atoms with Crippen LogP contribution in [0.25, 0.3) is 6.08 Å². The molecular weight excluding hydrogens is 577 g/mol. The lowest BCUT2D eigenvalue weighted by atomic mass is 9.95. The number of nitrogens with zero attached hydrogens (tertiary/aromatic N) is 2. The van der Waals surface area contributed by atoms with Crippen molar-refractivity contribution in [2.75, 3.05) is 33.4 Å². The first-order valence-corrected chi connectivity index (χ1v) is 14.5. The first-order chi connectivity index (χ1) is 19.0. The highest BCUT2D eigenvalue weighted by atomic mass is 35.5. The summed E-state index contributed by atoms with van der Waals surface area (Å²) in [5.74, 6) is -1.45. The molecule has 1 fully saturated rings. The minimum Gasteiger partial charge on any atom is -0.563 e. The molecule has 1 aliphatic heterocycles. The van der Waals surface area contributed by atoms with Crippen LogP contribution in [0.1, 0.15) is 24.0 Å². The van der Waals surface area contributed by atoms with Crippen LogP contribution in [0.5, 0.6) is 5.75 Å². The Morgan fingerprint density at radius 2 is 1.75 bits per heavy atom. The number of carbonyl (C=O) groups is 4. The van der Waals surface area contributed by atoms with Gasteiger partial charge >= 0.3 is 12.1 Å². The maximum absolute atomic E-state index is 12.9. The molecule has 214 valence electrons. The van der Waals surface area contributed by atoms with Gasteiger partial charge in [0.25, 0.3) is 0 Å². The number of benzene rings is 2. The number of ether oxygens (including phenoxy) is 1. The van der Waals surface area contributed by atoms with E-state index in [0.717, 1.165) is 4.90 Å². The molecule has 40 heavy (non-hydrogen) atoms. The molecule has 3 rings (SSSR count). The van der Waals surface area contributed by atoms with E-state index in [4.69, 9.17) is 33.0 Å². The first kappa shape index (κ1) is 31.3. The normalized spacial score (nSPS) is 14.6. The number of rotatable bonds is 9. The SMILES string of the molecule is CSc1ccc(/C=C/C(=O)N2CCC(C(=O)N[C@@H](Cc3ccc(OC(=O)N(C)C)cc3)C(=O)[OH2+])CC2)c(Cl)c1Cl. The lowest BCUT2D eigenvalue weighted by Crippen LogP contribution is -2.48. The van der Waals surface area contributed by atoms with E-state index < -0.39 is 18.1 Å². The third kappa shape index (κ3) is 8.39. The molecule has 1 saturated heterocycles. The van der Waals surface area contributed by atoms with Crippen LogP contribution in [0.15, 0.2) is 47.4 Å². The molecule has 2 aromatic carbocycles. The number of halogens is 2. The minimum atomic E-state index is -1.01. The van der Waals surface area contributed by atoms with E-state index in [1.807, 2.05) is 12.3 Å². The standard InChI is InChI=1S/C28H31Cl2N3O6S/c1-32(2)28(38)39-20-8-4-17(5-9-20)16-21(27(36)37)31-26(35)19-12-14-33(15-13-19)23(34)11-7-18-6-10-22(40-3)25(30)24(18)29/h4-11,19,21H,12-16H2,1-3H3,(H,31,35)(H,36,37)/p+1/b11-7+/t21-/m0/s1. The number of piperidine rings is 1. The summed E-state index contributed by atoms with van der Waals surface area (Å²) in [6, 6.07) is 9.17. The minimum absolute atomic E-state index is 0.128. The fourth-order valence-corrected chi connectivity index (χ4v) is 5.25. The van der Waals surface area contributed by atoms with Gasteiger partial charge in [-0.2, -0.15) is 0 Å². The maximum atomic E-state index is 12.9. The van der Waals surface area contributed by atoms with Gasteiger partial charge in [-0.3, -0.25) is 9.59 Å². The van der Waals surface area contributed by atoms with Gasteiger partial charge in [-0.05, 0) is 54.5 Å². The second kappa shape index (κ2) is 14.4. The Bertz CT molecular complexity index is 1280. The molecule has 12 heteroatoms. The van der Waals surface area contributed by atoms with Gasteiger partial charge in [0, 0.05) is 55.3 Å². The van der Waals surface area contributed by atoms with E-state index in [1.54, 1.807) is 55.4 Å². The Hall–Kier alpha value is -3.21. The van der Waals surface area contributed by atoms with Gasteiger partial charge in [-0.25, -0.2) is 4.79 Å². The quantitative estimate of drug-likeness (QED) is 0.261. The highest BCUT2D eigenvalue weighted by Crippen LogP contribution is 2.35. The summed E-state index contributed by atoms with van der Waals surface area (Å²) >= 11 is 14.1. The van der Waals surface area contributed by atoms with Gasteiger partial charge in [0.15, 0.2) is 6.04 Å². The predicted octanol–water partition coefficient (Wildman–Crippen LogP) is 4.01. The monoisotopic (exact) mass is 608 g/mol. The average Bonchev–Trinajstić information content (AvgIpc) is 2.94. The van der Waals surface area contributed by atoms with Crippen molar-refractivity contribution in [2.45, 2.75) is 30.2 Å². The topological polar surface area (TPSA) is 119 Å². The van der Waals surface area contributed by atoms with Gasteiger partial charge in [-0.1, -0.05) is 41.4 Å². The van der Waals surface area contributed by atoms with Crippen LogP contribution >= 0.6 is 35.0 Å². The number of carbonyl (C=O) groups excluding carboxylic acids is 4. The first-order valence-electron chi connectivity index (χ1n) is 12.5. The largest absolute Gasteiger partial charge is 0.563 e. The van der Waals surface area contributed by atoms with Crippen LogP contribution in [-0.2, 0) is 20.8 Å². The Labute approximate surface area is 247 Å². The molecule has 0 spiro atoms. The van der Waals surface area contributed by atoms with E-state index >= 15 is 0 Å². The van der Waals surface area contributed by atoms with E-state index in [2.05, 4.69) is 5.32 Å². The highest BCUT2D eigenvalue weighted by molar-refractivity contribution is 7.98. The van der Waals surface area contributed by atoms with Crippen LogP contribution < -0.4 is 10.1 Å². The highest BCUT2D eigenvalue weighted by Gasteiger charge is 2.32. The predicted molar refractivity (Wildman–Crippen MR) is 157 cm³/mol. The average molecular weight is 610 g/mol. The zero-order valence-corrected chi connectivity index (χ0v) is 24.7. The Kier molecular flexibility index (Phi) is 11.3. The Morgan fingerprint density at radius 1 is 1.10 bits per heavy atom. The molecule has 0 aromatic heterocycles. The molecule has 9 nitrogen and oxygen atoms in total. The van der Waals surface area contributed by atoms with Crippen LogP contribution in [-0.4, -0.2) is 78.3 Å². The van der Waals surface area contributed by atoms with Crippen molar-refractivity contribution in [1.82, 2.24) is 15.1 Å². The molecule has 3 N–H and O–H groups in total. The third-order valence-corrected chi connectivity index (χ3v) is 8.23. The molecular formula is C28H32Cl2N3O6S+. The molecule has 1 aliphatic rings. The summed E-state index contributed by atoms with van der Waals surface area (Å²) < 4.78 is 5.18. The summed E-state index contributed by atoms with van der Waals surface area (Å²) in [6.07, 6.45) is 5.45. The fourth-order valence-electron chi connectivity index (χ4n) is 4.08. The van der Waals surface area contributed by atoms with Crippen molar-refractivity contribution in [2.24, 2.45) is 5.92 Å². The van der Waals surface area contributed by atoms with Gasteiger partial charge in [0.2, 0.25) is 11.8 Å². The number of thioether (sulfide) groups is 1. The Morgan fingerprint density at radius 3 is 2.33 bits per heavy atom. The van der Waals surface area contributed by atoms with Crippen molar-refractivity contribution in [3.8, 4) is 5.75 Å². The number of hydrogen-bond donors (Lipinski definition) is 1. The molecule has 1 atom stereocenters. The number of amides is 3. The van der Waals surface area contributed by atoms with Gasteiger partial charge in [-0.15, -0.1) is 11.8 Å². The second-order valence-corrected chi connectivity index (χ2v) is 11.1. The van der Waals surface area contributed by atoms with Crippen molar-refractivity contribution in [3.05, 3.63) is 63.6 Å². The van der Waals surface area contributed by atoms with Crippen LogP contribution in [0.4, 0.5) is 4.79 Å². The van der Waals surface area contributed by atoms with Crippen LogP contribution in [0.2, 0.25) is 10.0 Å². The van der Waals surface area contributed by atoms with Crippen LogP contribution in [0, 0.1) is 5.92 Å². The third-order valence-electron chi connectivity index (χ3n) is 6.45. The number of hydrogen-bond acceptors (Lipinski definition) is 6. The molecule has 1 heterocycles. The fraction of sp³-hybridized carbons (Fsp3) is 0.357. The second-order valence-electron chi connectivity index (χ2n) is 9.45. The zero-order chi connectivity index (χ0) is 29.4. The summed E-state index contributed by atoms with van der Waals surface area (Å²) in [6.45, 7) is 0.765. The lowest BCUT2D eigenvalue weighted by molar-refractivity contribution is -0.142. The van der Waals surface area contributed by atoms with Crippen LogP contribution in [0.3, 0.4) is 0 Å².